The monoisotopic (exact) mass is 544 g/mol. The van der Waals surface area contributed by atoms with Gasteiger partial charge in [0.25, 0.3) is 0 Å². The van der Waals surface area contributed by atoms with E-state index in [0.29, 0.717) is 18.0 Å². The second-order valence-corrected chi connectivity index (χ2v) is 9.29. The summed E-state index contributed by atoms with van der Waals surface area (Å²) in [5.74, 6) is 0.727. The van der Waals surface area contributed by atoms with Crippen molar-refractivity contribution in [1.82, 2.24) is 14.9 Å². The van der Waals surface area contributed by atoms with Crippen molar-refractivity contribution in [1.29, 1.82) is 0 Å². The molecule has 8 heteroatoms. The van der Waals surface area contributed by atoms with Crippen LogP contribution in [0.4, 0.5) is 0 Å². The van der Waals surface area contributed by atoms with Crippen LogP contribution in [0.2, 0.25) is 0 Å². The maximum atomic E-state index is 12.6. The number of nitrogens with zero attached hydrogens (tertiary/aromatic N) is 2. The lowest BCUT2D eigenvalue weighted by Crippen LogP contribution is -2.36. The van der Waals surface area contributed by atoms with Crippen molar-refractivity contribution in [2.75, 3.05) is 13.6 Å². The molecule has 166 valence electrons. The Labute approximate surface area is 198 Å². The zero-order chi connectivity index (χ0) is 21.4. The lowest BCUT2D eigenvalue weighted by molar-refractivity contribution is 0.410. The topological polar surface area (TPSA) is 73.8 Å². The minimum absolute atomic E-state index is 0. The number of aryl methyl sites for hydroxylation is 1. The van der Waals surface area contributed by atoms with Gasteiger partial charge in [-0.25, -0.2) is 13.4 Å². The average Bonchev–Trinajstić information content (AvgIpc) is 2.69. The van der Waals surface area contributed by atoms with Crippen molar-refractivity contribution in [2.24, 2.45) is 4.99 Å². The molecule has 2 aromatic carbocycles. The minimum Gasteiger partial charge on any atom is -0.357 e. The van der Waals surface area contributed by atoms with Crippen molar-refractivity contribution >= 4 is 40.0 Å². The first-order valence-corrected chi connectivity index (χ1v) is 11.3. The Hall–Kier alpha value is -1.65. The fraction of sp³-hybridized carbons (Fsp3) is 0.409. The Morgan fingerprint density at radius 2 is 1.73 bits per heavy atom. The Morgan fingerprint density at radius 1 is 1.07 bits per heavy atom. The first-order valence-electron chi connectivity index (χ1n) is 9.88. The molecule has 0 saturated carbocycles. The first-order chi connectivity index (χ1) is 13.7. The summed E-state index contributed by atoms with van der Waals surface area (Å²) in [6.45, 7) is 9.71. The highest BCUT2D eigenvalue weighted by atomic mass is 127. The predicted octanol–water partition coefficient (Wildman–Crippen LogP) is 3.90. The van der Waals surface area contributed by atoms with Crippen molar-refractivity contribution < 1.29 is 8.42 Å². The minimum atomic E-state index is -3.46. The number of hydrogen-bond donors (Lipinski definition) is 2. The lowest BCUT2D eigenvalue weighted by Gasteiger charge is -2.21. The molecular weight excluding hydrogens is 511 g/mol. The average molecular weight is 545 g/mol. The maximum absolute atomic E-state index is 12.6. The fourth-order valence-electron chi connectivity index (χ4n) is 2.73. The molecule has 30 heavy (non-hydrogen) atoms. The summed E-state index contributed by atoms with van der Waals surface area (Å²) in [5.41, 5.74) is 3.36. The van der Waals surface area contributed by atoms with Gasteiger partial charge in [-0.2, -0.15) is 4.31 Å². The van der Waals surface area contributed by atoms with Gasteiger partial charge in [0.15, 0.2) is 5.96 Å². The summed E-state index contributed by atoms with van der Waals surface area (Å²) >= 11 is 0. The van der Waals surface area contributed by atoms with Gasteiger partial charge in [0, 0.05) is 26.2 Å². The summed E-state index contributed by atoms with van der Waals surface area (Å²) in [7, 11) is -1.86. The van der Waals surface area contributed by atoms with Gasteiger partial charge in [-0.15, -0.1) is 24.0 Å². The third kappa shape index (κ3) is 7.55. The van der Waals surface area contributed by atoms with Gasteiger partial charge in [0.2, 0.25) is 10.0 Å². The van der Waals surface area contributed by atoms with E-state index < -0.39 is 10.0 Å². The fourth-order valence-corrected chi connectivity index (χ4v) is 4.10. The van der Waals surface area contributed by atoms with Gasteiger partial charge in [0.05, 0.1) is 11.4 Å². The van der Waals surface area contributed by atoms with E-state index in [1.54, 1.807) is 19.2 Å². The lowest BCUT2D eigenvalue weighted by atomic mass is 10.1. The molecule has 0 unspecified atom stereocenters. The second-order valence-electron chi connectivity index (χ2n) is 7.30. The van der Waals surface area contributed by atoms with Crippen LogP contribution in [0, 0.1) is 6.92 Å². The van der Waals surface area contributed by atoms with E-state index in [1.165, 1.54) is 9.87 Å². The van der Waals surface area contributed by atoms with E-state index >= 15 is 0 Å². The SMILES string of the molecule is CCNC(=NCc1cccc(C)c1)NCc1ccc(S(=O)(=O)N(C)C(C)C)cc1.I. The third-order valence-electron chi connectivity index (χ3n) is 4.63. The second kappa shape index (κ2) is 12.3. The Morgan fingerprint density at radius 3 is 2.30 bits per heavy atom. The number of guanidine groups is 1. The number of hydrogen-bond acceptors (Lipinski definition) is 3. The van der Waals surface area contributed by atoms with Gasteiger partial charge in [-0.3, -0.25) is 0 Å². The molecule has 0 amide bonds. The van der Waals surface area contributed by atoms with Crippen LogP contribution in [0.3, 0.4) is 0 Å². The van der Waals surface area contributed by atoms with Crippen molar-refractivity contribution in [3.63, 3.8) is 0 Å². The summed E-state index contributed by atoms with van der Waals surface area (Å²) in [4.78, 5) is 4.93. The van der Waals surface area contributed by atoms with Gasteiger partial charge in [0.1, 0.15) is 0 Å². The number of rotatable bonds is 8. The largest absolute Gasteiger partial charge is 0.357 e. The van der Waals surface area contributed by atoms with Gasteiger partial charge in [-0.05, 0) is 51.0 Å². The van der Waals surface area contributed by atoms with Crippen LogP contribution in [0.25, 0.3) is 0 Å². The van der Waals surface area contributed by atoms with E-state index in [9.17, 15) is 8.42 Å². The number of halogens is 1. The van der Waals surface area contributed by atoms with Gasteiger partial charge < -0.3 is 10.6 Å². The molecule has 2 rings (SSSR count). The summed E-state index contributed by atoms with van der Waals surface area (Å²) in [5, 5.41) is 6.54. The standard InChI is InChI=1S/C22H32N4O2S.HI/c1-6-23-22(25-16-20-9-7-8-18(4)14-20)24-15-19-10-12-21(13-11-19)29(27,28)26(5)17(2)3;/h7-14,17H,6,15-16H2,1-5H3,(H2,23,24,25);1H. The molecule has 0 aliphatic heterocycles. The number of nitrogens with one attached hydrogen (secondary N) is 2. The molecule has 0 saturated heterocycles. The van der Waals surface area contributed by atoms with E-state index in [-0.39, 0.29) is 30.0 Å². The molecule has 0 fully saturated rings. The molecule has 0 atom stereocenters. The smallest absolute Gasteiger partial charge is 0.243 e. The first kappa shape index (κ1) is 26.4. The van der Waals surface area contributed by atoms with Crippen LogP contribution in [-0.2, 0) is 23.1 Å². The highest BCUT2D eigenvalue weighted by molar-refractivity contribution is 14.0. The number of aliphatic imine (C=N–C) groups is 1. The molecule has 0 aromatic heterocycles. The van der Waals surface area contributed by atoms with Crippen molar-refractivity contribution in [3.8, 4) is 0 Å². The predicted molar refractivity (Wildman–Crippen MR) is 135 cm³/mol. The third-order valence-corrected chi connectivity index (χ3v) is 6.68. The molecule has 0 aliphatic rings. The Kier molecular flexibility index (Phi) is 10.8. The molecule has 2 aromatic rings. The van der Waals surface area contributed by atoms with Crippen LogP contribution >= 0.6 is 24.0 Å². The van der Waals surface area contributed by atoms with Gasteiger partial charge >= 0.3 is 0 Å². The molecule has 6 nitrogen and oxygen atoms in total. The Bertz CT molecular complexity index is 928. The number of benzene rings is 2. The van der Waals surface area contributed by atoms with E-state index in [4.69, 9.17) is 0 Å². The van der Waals surface area contributed by atoms with Crippen molar-refractivity contribution in [2.45, 2.75) is 51.7 Å². The van der Waals surface area contributed by atoms with Crippen LogP contribution in [0.15, 0.2) is 58.4 Å². The molecule has 0 aliphatic carbocycles. The normalized spacial score (nSPS) is 12.0. The number of sulfonamides is 1. The van der Waals surface area contributed by atoms with Crippen molar-refractivity contribution in [3.05, 3.63) is 65.2 Å². The highest BCUT2D eigenvalue weighted by Gasteiger charge is 2.22. The summed E-state index contributed by atoms with van der Waals surface area (Å²) in [6.07, 6.45) is 0. The van der Waals surface area contributed by atoms with E-state index in [1.807, 2.05) is 39.0 Å². The zero-order valence-corrected chi connectivity index (χ0v) is 21.5. The van der Waals surface area contributed by atoms with E-state index in [2.05, 4.69) is 40.7 Å². The summed E-state index contributed by atoms with van der Waals surface area (Å²) < 4.78 is 26.5. The maximum Gasteiger partial charge on any atom is 0.243 e. The van der Waals surface area contributed by atoms with Crippen LogP contribution in [0.5, 0.6) is 0 Å². The highest BCUT2D eigenvalue weighted by Crippen LogP contribution is 2.17. The quantitative estimate of drug-likeness (QED) is 0.301. The van der Waals surface area contributed by atoms with Crippen LogP contribution in [-0.4, -0.2) is 38.3 Å². The van der Waals surface area contributed by atoms with E-state index in [0.717, 1.165) is 23.6 Å². The van der Waals surface area contributed by atoms with Crippen LogP contribution in [0.1, 0.15) is 37.5 Å². The molecular formula is C22H33IN4O2S. The molecule has 2 N–H and O–H groups in total. The zero-order valence-electron chi connectivity index (χ0n) is 18.3. The molecule has 0 heterocycles. The Balaban J connectivity index is 0.00000450. The van der Waals surface area contributed by atoms with Gasteiger partial charge in [-0.1, -0.05) is 42.0 Å². The molecule has 0 radical (unpaired) electrons. The van der Waals surface area contributed by atoms with Crippen LogP contribution < -0.4 is 10.6 Å². The molecule has 0 bridgehead atoms. The summed E-state index contributed by atoms with van der Waals surface area (Å²) in [6, 6.07) is 15.2. The molecule has 0 spiro atoms.